The van der Waals surface area contributed by atoms with Crippen LogP contribution in [0.4, 0.5) is 0 Å². The lowest BCUT2D eigenvalue weighted by atomic mass is 9.73. The van der Waals surface area contributed by atoms with Crippen molar-refractivity contribution in [3.63, 3.8) is 0 Å². The van der Waals surface area contributed by atoms with Gasteiger partial charge in [-0.05, 0) is 31.6 Å². The number of esters is 1. The highest BCUT2D eigenvalue weighted by Gasteiger charge is 2.34. The van der Waals surface area contributed by atoms with Gasteiger partial charge in [-0.25, -0.2) is 0 Å². The number of hydrogen-bond acceptors (Lipinski definition) is 3. The molecule has 0 heterocycles. The Balaban J connectivity index is 2.61. The lowest BCUT2D eigenvalue weighted by Crippen LogP contribution is -2.51. The Hall–Kier alpha value is -0.570. The number of nitrogens with one attached hydrogen (secondary N) is 1. The first-order valence-corrected chi connectivity index (χ1v) is 7.44. The summed E-state index contributed by atoms with van der Waals surface area (Å²) in [7, 11) is 0. The molecule has 1 aliphatic carbocycles. The molecule has 2 atom stereocenters. The zero-order valence-electron chi connectivity index (χ0n) is 12.4. The van der Waals surface area contributed by atoms with Crippen molar-refractivity contribution in [2.75, 3.05) is 6.61 Å². The molecule has 1 fully saturated rings. The molecule has 0 amide bonds. The average Bonchev–Trinajstić information content (AvgIpc) is 2.31. The van der Waals surface area contributed by atoms with Crippen molar-refractivity contribution in [3.8, 4) is 0 Å². The van der Waals surface area contributed by atoms with E-state index >= 15 is 0 Å². The highest BCUT2D eigenvalue weighted by molar-refractivity contribution is 5.75. The van der Waals surface area contributed by atoms with Crippen LogP contribution in [0.3, 0.4) is 0 Å². The van der Waals surface area contributed by atoms with E-state index in [9.17, 15) is 4.79 Å². The highest BCUT2D eigenvalue weighted by atomic mass is 16.5. The Bertz CT molecular complexity index is 263. The standard InChI is InChI=1S/C15H29NO2/c1-5-9-12(14(17)18-6-2)16-13-10-7-8-11-15(13,3)4/h12-13,16H,5-11H2,1-4H3. The maximum Gasteiger partial charge on any atom is 0.323 e. The summed E-state index contributed by atoms with van der Waals surface area (Å²) in [6.45, 7) is 9.05. The van der Waals surface area contributed by atoms with Gasteiger partial charge in [0.05, 0.1) is 6.61 Å². The zero-order valence-corrected chi connectivity index (χ0v) is 12.4. The van der Waals surface area contributed by atoms with Gasteiger partial charge in [0.1, 0.15) is 6.04 Å². The molecule has 0 aromatic heterocycles. The summed E-state index contributed by atoms with van der Waals surface area (Å²) in [6, 6.07) is 0.310. The van der Waals surface area contributed by atoms with E-state index in [0.717, 1.165) is 12.8 Å². The van der Waals surface area contributed by atoms with E-state index in [1.807, 2.05) is 6.92 Å². The van der Waals surface area contributed by atoms with E-state index < -0.39 is 0 Å². The van der Waals surface area contributed by atoms with Crippen molar-refractivity contribution in [3.05, 3.63) is 0 Å². The molecule has 3 heteroatoms. The number of hydrogen-bond donors (Lipinski definition) is 1. The molecule has 0 aromatic carbocycles. The van der Waals surface area contributed by atoms with Crippen molar-refractivity contribution >= 4 is 5.97 Å². The molecular weight excluding hydrogens is 226 g/mol. The molecule has 0 spiro atoms. The van der Waals surface area contributed by atoms with Gasteiger partial charge in [-0.1, -0.05) is 40.0 Å². The van der Waals surface area contributed by atoms with Crippen LogP contribution in [0, 0.1) is 5.41 Å². The Morgan fingerprint density at radius 1 is 1.39 bits per heavy atom. The van der Waals surface area contributed by atoms with Gasteiger partial charge < -0.3 is 10.1 Å². The van der Waals surface area contributed by atoms with Crippen LogP contribution in [0.15, 0.2) is 0 Å². The quantitative estimate of drug-likeness (QED) is 0.740. The second kappa shape index (κ2) is 7.13. The summed E-state index contributed by atoms with van der Waals surface area (Å²) < 4.78 is 5.16. The van der Waals surface area contributed by atoms with Crippen LogP contribution < -0.4 is 5.32 Å². The van der Waals surface area contributed by atoms with Gasteiger partial charge >= 0.3 is 5.97 Å². The first-order valence-electron chi connectivity index (χ1n) is 7.44. The van der Waals surface area contributed by atoms with E-state index in [1.54, 1.807) is 0 Å². The minimum absolute atomic E-state index is 0.0827. The Labute approximate surface area is 112 Å². The minimum Gasteiger partial charge on any atom is -0.465 e. The van der Waals surface area contributed by atoms with Gasteiger partial charge in [0.25, 0.3) is 0 Å². The predicted octanol–water partition coefficient (Wildman–Crippen LogP) is 3.28. The molecular formula is C15H29NO2. The number of rotatable bonds is 6. The van der Waals surface area contributed by atoms with Crippen molar-refractivity contribution < 1.29 is 9.53 Å². The third-order valence-electron chi connectivity index (χ3n) is 4.06. The molecule has 106 valence electrons. The third kappa shape index (κ3) is 4.27. The zero-order chi connectivity index (χ0) is 13.6. The number of ether oxygens (including phenoxy) is 1. The Morgan fingerprint density at radius 2 is 2.11 bits per heavy atom. The predicted molar refractivity (Wildman–Crippen MR) is 74.5 cm³/mol. The summed E-state index contributed by atoms with van der Waals surface area (Å²) >= 11 is 0. The molecule has 18 heavy (non-hydrogen) atoms. The van der Waals surface area contributed by atoms with Crippen LogP contribution >= 0.6 is 0 Å². The maximum atomic E-state index is 11.9. The molecule has 0 radical (unpaired) electrons. The largest absolute Gasteiger partial charge is 0.465 e. The van der Waals surface area contributed by atoms with Gasteiger partial charge in [0.15, 0.2) is 0 Å². The lowest BCUT2D eigenvalue weighted by molar-refractivity contribution is -0.146. The minimum atomic E-state index is -0.127. The van der Waals surface area contributed by atoms with Crippen LogP contribution in [0.25, 0.3) is 0 Å². The molecule has 1 aliphatic rings. The fourth-order valence-electron chi connectivity index (χ4n) is 2.85. The molecule has 1 rings (SSSR count). The van der Waals surface area contributed by atoms with Gasteiger partial charge in [-0.2, -0.15) is 0 Å². The van der Waals surface area contributed by atoms with Crippen LogP contribution in [-0.2, 0) is 9.53 Å². The molecule has 0 aromatic rings. The summed E-state index contributed by atoms with van der Waals surface area (Å²) in [6.07, 6.45) is 6.86. The molecule has 3 nitrogen and oxygen atoms in total. The monoisotopic (exact) mass is 255 g/mol. The van der Waals surface area contributed by atoms with Gasteiger partial charge in [-0.15, -0.1) is 0 Å². The third-order valence-corrected chi connectivity index (χ3v) is 4.06. The second-order valence-corrected chi connectivity index (χ2v) is 6.05. The average molecular weight is 255 g/mol. The molecule has 0 bridgehead atoms. The van der Waals surface area contributed by atoms with Crippen LogP contribution in [0.2, 0.25) is 0 Å². The number of carbonyl (C=O) groups is 1. The van der Waals surface area contributed by atoms with Crippen molar-refractivity contribution in [1.82, 2.24) is 5.32 Å². The molecule has 1 N–H and O–H groups in total. The fourth-order valence-corrected chi connectivity index (χ4v) is 2.85. The SMILES string of the molecule is CCCC(NC1CCCCC1(C)C)C(=O)OCC. The second-order valence-electron chi connectivity index (χ2n) is 6.05. The van der Waals surface area contributed by atoms with E-state index in [2.05, 4.69) is 26.1 Å². The lowest BCUT2D eigenvalue weighted by Gasteiger charge is -2.40. The molecule has 0 saturated heterocycles. The first kappa shape index (κ1) is 15.5. The summed E-state index contributed by atoms with van der Waals surface area (Å²) in [4.78, 5) is 11.9. The normalized spacial score (nSPS) is 24.6. The van der Waals surface area contributed by atoms with Gasteiger partial charge in [0.2, 0.25) is 0 Å². The topological polar surface area (TPSA) is 38.3 Å². The first-order chi connectivity index (χ1) is 8.51. The van der Waals surface area contributed by atoms with E-state index in [1.165, 1.54) is 25.7 Å². The highest BCUT2D eigenvalue weighted by Crippen LogP contribution is 2.35. The fraction of sp³-hybridized carbons (Fsp3) is 0.933. The van der Waals surface area contributed by atoms with Crippen molar-refractivity contribution in [2.45, 2.75) is 78.3 Å². The summed E-state index contributed by atoms with van der Waals surface area (Å²) in [5, 5.41) is 3.56. The number of carbonyl (C=O) groups excluding carboxylic acids is 1. The van der Waals surface area contributed by atoms with E-state index in [4.69, 9.17) is 4.74 Å². The van der Waals surface area contributed by atoms with E-state index in [-0.39, 0.29) is 17.4 Å². The molecule has 2 unspecified atom stereocenters. The van der Waals surface area contributed by atoms with Crippen molar-refractivity contribution in [1.29, 1.82) is 0 Å². The Morgan fingerprint density at radius 3 is 2.67 bits per heavy atom. The maximum absolute atomic E-state index is 11.9. The molecule has 0 aliphatic heterocycles. The van der Waals surface area contributed by atoms with Crippen molar-refractivity contribution in [2.24, 2.45) is 5.41 Å². The smallest absolute Gasteiger partial charge is 0.323 e. The summed E-state index contributed by atoms with van der Waals surface area (Å²) in [5.41, 5.74) is 0.288. The van der Waals surface area contributed by atoms with Gasteiger partial charge in [-0.3, -0.25) is 4.79 Å². The molecule has 1 saturated carbocycles. The van der Waals surface area contributed by atoms with Crippen LogP contribution in [0.5, 0.6) is 0 Å². The summed E-state index contributed by atoms with van der Waals surface area (Å²) in [5.74, 6) is -0.0827. The Kier molecular flexibility index (Phi) is 6.13. The van der Waals surface area contributed by atoms with Crippen LogP contribution in [-0.4, -0.2) is 24.7 Å². The van der Waals surface area contributed by atoms with Gasteiger partial charge in [0, 0.05) is 6.04 Å². The van der Waals surface area contributed by atoms with E-state index in [0.29, 0.717) is 12.6 Å². The van der Waals surface area contributed by atoms with Crippen LogP contribution in [0.1, 0.15) is 66.2 Å².